The summed E-state index contributed by atoms with van der Waals surface area (Å²) in [7, 11) is 0. The molecule has 3 atom stereocenters. The molecule has 0 saturated carbocycles. The molecule has 3 heterocycles. The number of β-lactam (4-membered cyclic amide) rings is 1. The third-order valence-corrected chi connectivity index (χ3v) is 6.67. The fraction of sp³-hybridized carbons (Fsp3) is 0.368. The fourth-order valence-electron chi connectivity index (χ4n) is 3.79. The molecule has 28 heavy (non-hydrogen) atoms. The Balaban J connectivity index is 1.58. The highest BCUT2D eigenvalue weighted by molar-refractivity contribution is 8.01. The van der Waals surface area contributed by atoms with E-state index in [-0.39, 0.29) is 11.5 Å². The van der Waals surface area contributed by atoms with E-state index in [2.05, 4.69) is 10.5 Å². The molecule has 1 aromatic heterocycles. The molecule has 2 saturated heterocycles. The highest BCUT2D eigenvalue weighted by Crippen LogP contribution is 2.50. The first-order chi connectivity index (χ1) is 13.2. The van der Waals surface area contributed by atoms with Gasteiger partial charge in [-0.3, -0.25) is 9.59 Å². The number of rotatable bonds is 4. The number of hydrogen-bond donors (Lipinski definition) is 2. The van der Waals surface area contributed by atoms with Crippen molar-refractivity contribution in [2.75, 3.05) is 0 Å². The van der Waals surface area contributed by atoms with E-state index in [1.165, 1.54) is 16.7 Å². The van der Waals surface area contributed by atoms with Crippen molar-refractivity contribution < 1.29 is 24.0 Å². The van der Waals surface area contributed by atoms with Crippen LogP contribution in [0.2, 0.25) is 0 Å². The highest BCUT2D eigenvalue weighted by atomic mass is 32.2. The zero-order valence-corrected chi connectivity index (χ0v) is 16.3. The molecule has 2 N–H and O–H groups in total. The first-order valence-corrected chi connectivity index (χ1v) is 9.65. The van der Waals surface area contributed by atoms with Crippen LogP contribution in [0.1, 0.15) is 30.0 Å². The van der Waals surface area contributed by atoms with Gasteiger partial charge < -0.3 is 19.8 Å². The van der Waals surface area contributed by atoms with Gasteiger partial charge in [-0.15, -0.1) is 11.8 Å². The number of carbonyl (C=O) groups is 3. The lowest BCUT2D eigenvalue weighted by atomic mass is 9.95. The summed E-state index contributed by atoms with van der Waals surface area (Å²) in [6.45, 7) is 5.22. The number of nitrogens with zero attached hydrogens (tertiary/aromatic N) is 2. The van der Waals surface area contributed by atoms with Crippen molar-refractivity contribution in [3.8, 4) is 11.3 Å². The van der Waals surface area contributed by atoms with Crippen LogP contribution in [0.3, 0.4) is 0 Å². The van der Waals surface area contributed by atoms with Crippen LogP contribution < -0.4 is 5.32 Å². The van der Waals surface area contributed by atoms with Gasteiger partial charge in [-0.1, -0.05) is 35.5 Å². The third-order valence-electron chi connectivity index (χ3n) is 5.10. The Morgan fingerprint density at radius 3 is 2.61 bits per heavy atom. The van der Waals surface area contributed by atoms with E-state index < -0.39 is 34.1 Å². The Hall–Kier alpha value is -2.81. The van der Waals surface area contributed by atoms with Crippen molar-refractivity contribution >= 4 is 29.5 Å². The molecular formula is C19H19N3O5S. The van der Waals surface area contributed by atoms with Crippen LogP contribution in [-0.4, -0.2) is 55.2 Å². The van der Waals surface area contributed by atoms with Gasteiger partial charge in [-0.05, 0) is 20.8 Å². The van der Waals surface area contributed by atoms with Crippen LogP contribution in [0.4, 0.5) is 0 Å². The Morgan fingerprint density at radius 1 is 1.29 bits per heavy atom. The monoisotopic (exact) mass is 401 g/mol. The molecular weight excluding hydrogens is 382 g/mol. The van der Waals surface area contributed by atoms with Crippen LogP contribution in [0.15, 0.2) is 34.9 Å². The van der Waals surface area contributed by atoms with Crippen molar-refractivity contribution in [1.29, 1.82) is 0 Å². The number of aliphatic carboxylic acids is 1. The Kier molecular flexibility index (Phi) is 4.22. The van der Waals surface area contributed by atoms with E-state index in [9.17, 15) is 19.5 Å². The van der Waals surface area contributed by atoms with Crippen LogP contribution in [-0.2, 0) is 9.59 Å². The summed E-state index contributed by atoms with van der Waals surface area (Å²) in [5.74, 6) is -1.55. The number of fused-ring (bicyclic) bond motifs is 1. The smallest absolute Gasteiger partial charge is 0.327 e. The molecule has 0 unspecified atom stereocenters. The van der Waals surface area contributed by atoms with Crippen molar-refractivity contribution in [2.45, 2.75) is 43.0 Å². The highest BCUT2D eigenvalue weighted by Gasteiger charge is 2.64. The van der Waals surface area contributed by atoms with E-state index >= 15 is 0 Å². The predicted molar refractivity (Wildman–Crippen MR) is 102 cm³/mol. The minimum Gasteiger partial charge on any atom is -0.480 e. The molecule has 2 fully saturated rings. The standard InChI is InChI=1S/C19H19N3O5S/c1-9-11(12(21-27-9)10-7-5-4-6-8-10)15(23)20-13-16(24)22-14(18(25)26)19(2,3)28-17(13)22/h4-8,13-14,17H,1-3H3,(H,20,23)(H,25,26)/t13-,14-,17-/m0/s1. The fourth-order valence-corrected chi connectivity index (χ4v) is 5.42. The maximum atomic E-state index is 12.9. The van der Waals surface area contributed by atoms with Crippen LogP contribution in [0, 0.1) is 6.92 Å². The number of aryl methyl sites for hydroxylation is 1. The van der Waals surface area contributed by atoms with Gasteiger partial charge >= 0.3 is 5.97 Å². The van der Waals surface area contributed by atoms with Gasteiger partial charge in [0, 0.05) is 10.3 Å². The molecule has 0 radical (unpaired) electrons. The second-order valence-corrected chi connectivity index (χ2v) is 9.15. The van der Waals surface area contributed by atoms with Crippen molar-refractivity contribution in [2.24, 2.45) is 0 Å². The molecule has 0 aliphatic carbocycles. The summed E-state index contributed by atoms with van der Waals surface area (Å²) in [6, 6.07) is 7.46. The molecule has 2 aliphatic heterocycles. The van der Waals surface area contributed by atoms with Crippen molar-refractivity contribution in [3.05, 3.63) is 41.7 Å². The molecule has 146 valence electrons. The second-order valence-electron chi connectivity index (χ2n) is 7.38. The number of amides is 2. The number of hydrogen-bond acceptors (Lipinski definition) is 6. The van der Waals surface area contributed by atoms with Crippen LogP contribution in [0.25, 0.3) is 11.3 Å². The Bertz CT molecular complexity index is 971. The van der Waals surface area contributed by atoms with Gasteiger partial charge in [0.05, 0.1) is 0 Å². The third kappa shape index (κ3) is 2.69. The molecule has 9 heteroatoms. The Morgan fingerprint density at radius 2 is 1.96 bits per heavy atom. The average Bonchev–Trinajstić information content (AvgIpc) is 3.15. The van der Waals surface area contributed by atoms with E-state index in [4.69, 9.17) is 4.52 Å². The van der Waals surface area contributed by atoms with Gasteiger partial charge in [0.15, 0.2) is 0 Å². The average molecular weight is 401 g/mol. The first kappa shape index (κ1) is 18.5. The molecule has 2 aromatic rings. The SMILES string of the molecule is Cc1onc(-c2ccccc2)c1C(=O)N[C@H]1C(=O)N2[C@@H](C(=O)O)C(C)(C)S[C@@H]12. The second kappa shape index (κ2) is 6.37. The normalized spacial score (nSPS) is 25.2. The summed E-state index contributed by atoms with van der Waals surface area (Å²) in [6.07, 6.45) is 0. The maximum Gasteiger partial charge on any atom is 0.327 e. The Labute approximate surface area is 165 Å². The summed E-state index contributed by atoms with van der Waals surface area (Å²) >= 11 is 1.38. The zero-order chi connectivity index (χ0) is 20.2. The van der Waals surface area contributed by atoms with E-state index in [0.29, 0.717) is 11.5 Å². The number of carbonyl (C=O) groups excluding carboxylic acids is 2. The van der Waals surface area contributed by atoms with Gasteiger partial charge in [0.1, 0.15) is 34.5 Å². The largest absolute Gasteiger partial charge is 0.480 e. The number of thioether (sulfide) groups is 1. The number of nitrogens with one attached hydrogen (secondary N) is 1. The number of aromatic nitrogens is 1. The molecule has 1 aromatic carbocycles. The van der Waals surface area contributed by atoms with Crippen LogP contribution >= 0.6 is 11.8 Å². The van der Waals surface area contributed by atoms with Gasteiger partial charge in [0.25, 0.3) is 5.91 Å². The van der Waals surface area contributed by atoms with E-state index in [1.807, 2.05) is 30.3 Å². The summed E-state index contributed by atoms with van der Waals surface area (Å²) in [4.78, 5) is 38.5. The van der Waals surface area contributed by atoms with Crippen LogP contribution in [0.5, 0.6) is 0 Å². The maximum absolute atomic E-state index is 12.9. The minimum absolute atomic E-state index is 0.273. The summed E-state index contributed by atoms with van der Waals surface area (Å²) in [5.41, 5.74) is 1.41. The lowest BCUT2D eigenvalue weighted by molar-refractivity contribution is -0.159. The molecule has 2 aliphatic rings. The molecule has 8 nitrogen and oxygen atoms in total. The topological polar surface area (TPSA) is 113 Å². The van der Waals surface area contributed by atoms with Gasteiger partial charge in [0.2, 0.25) is 5.91 Å². The van der Waals surface area contributed by atoms with Gasteiger partial charge in [-0.25, -0.2) is 4.79 Å². The molecule has 0 spiro atoms. The summed E-state index contributed by atoms with van der Waals surface area (Å²) < 4.78 is 4.57. The van der Waals surface area contributed by atoms with E-state index in [1.54, 1.807) is 20.8 Å². The van der Waals surface area contributed by atoms with Gasteiger partial charge in [-0.2, -0.15) is 0 Å². The predicted octanol–water partition coefficient (Wildman–Crippen LogP) is 1.90. The number of benzene rings is 1. The number of carboxylic acid groups (broad SMARTS) is 1. The lowest BCUT2D eigenvalue weighted by Gasteiger charge is -2.43. The molecule has 4 rings (SSSR count). The summed E-state index contributed by atoms with van der Waals surface area (Å²) in [5, 5.41) is 15.8. The van der Waals surface area contributed by atoms with Crippen molar-refractivity contribution in [1.82, 2.24) is 15.4 Å². The molecule has 0 bridgehead atoms. The molecule has 2 amide bonds. The van der Waals surface area contributed by atoms with Crippen molar-refractivity contribution in [3.63, 3.8) is 0 Å². The van der Waals surface area contributed by atoms with E-state index in [0.717, 1.165) is 5.56 Å². The lowest BCUT2D eigenvalue weighted by Crippen LogP contribution is -2.70. The number of carboxylic acids is 1. The first-order valence-electron chi connectivity index (χ1n) is 8.77. The zero-order valence-electron chi connectivity index (χ0n) is 15.5. The quantitative estimate of drug-likeness (QED) is 0.752. The minimum atomic E-state index is -1.04.